The van der Waals surface area contributed by atoms with E-state index >= 15 is 0 Å². The number of rotatable bonds is 3. The maximum Gasteiger partial charge on any atom is 0.303 e. The lowest BCUT2D eigenvalue weighted by Gasteiger charge is -2.57. The second kappa shape index (κ2) is 3.10. The van der Waals surface area contributed by atoms with Crippen LogP contribution in [0.1, 0.15) is 25.7 Å². The molecule has 0 amide bonds. The average molecular weight is 221 g/mol. The first-order valence-corrected chi connectivity index (χ1v) is 6.19. The minimum absolute atomic E-state index is 0.106. The third-order valence-electron chi connectivity index (χ3n) is 5.53. The van der Waals surface area contributed by atoms with Gasteiger partial charge in [-0.1, -0.05) is 12.2 Å². The molecule has 3 rings (SSSR count). The zero-order valence-corrected chi connectivity index (χ0v) is 9.48. The van der Waals surface area contributed by atoms with Gasteiger partial charge in [0, 0.05) is 0 Å². The van der Waals surface area contributed by atoms with Crippen LogP contribution in [0, 0.1) is 29.1 Å². The molecule has 3 aliphatic rings. The second-order valence-corrected chi connectivity index (χ2v) is 5.84. The van der Waals surface area contributed by atoms with Crippen LogP contribution < -0.4 is 5.73 Å². The summed E-state index contributed by atoms with van der Waals surface area (Å²) in [6.45, 7) is 4.70. The van der Waals surface area contributed by atoms with Gasteiger partial charge in [-0.3, -0.25) is 4.79 Å². The van der Waals surface area contributed by atoms with Crippen molar-refractivity contribution in [3.63, 3.8) is 0 Å². The van der Waals surface area contributed by atoms with Crippen molar-refractivity contribution in [2.24, 2.45) is 34.8 Å². The predicted molar refractivity (Wildman–Crippen MR) is 60.7 cm³/mol. The Balaban J connectivity index is 1.92. The standard InChI is InChI=1S/C13H19NO2/c1-7-4-10-12-8(7)2-3-9(12)13(10,6-14)5-11(15)16/h8-10,12H,1-6,14H2,(H,15,16)/t8?,9-,10+,12+,13-/m0/s1. The van der Waals surface area contributed by atoms with Gasteiger partial charge < -0.3 is 10.8 Å². The molecule has 88 valence electrons. The summed E-state index contributed by atoms with van der Waals surface area (Å²) in [7, 11) is 0. The molecule has 16 heavy (non-hydrogen) atoms. The highest BCUT2D eigenvalue weighted by Crippen LogP contribution is 2.72. The average Bonchev–Trinajstić information content (AvgIpc) is 2.73. The molecule has 0 aliphatic heterocycles. The minimum Gasteiger partial charge on any atom is -0.481 e. The SMILES string of the molecule is C=C1C[C@@H]2[C@@H]3C1CC[C@@H]3[C@@]2(CN)CC(=O)O. The molecule has 0 bridgehead atoms. The fraction of sp³-hybridized carbons (Fsp3) is 0.769. The Labute approximate surface area is 95.7 Å². The normalized spacial score (nSPS) is 48.9. The van der Waals surface area contributed by atoms with Crippen LogP contribution >= 0.6 is 0 Å². The lowest BCUT2D eigenvalue weighted by atomic mass is 9.47. The Morgan fingerprint density at radius 3 is 2.88 bits per heavy atom. The molecule has 0 radical (unpaired) electrons. The van der Waals surface area contributed by atoms with Crippen LogP contribution in [0.5, 0.6) is 0 Å². The Kier molecular flexibility index (Phi) is 2.00. The summed E-state index contributed by atoms with van der Waals surface area (Å²) in [6.07, 6.45) is 3.66. The van der Waals surface area contributed by atoms with E-state index in [-0.39, 0.29) is 11.8 Å². The number of hydrogen-bond donors (Lipinski definition) is 2. The van der Waals surface area contributed by atoms with Crippen LogP contribution in [-0.4, -0.2) is 17.6 Å². The summed E-state index contributed by atoms with van der Waals surface area (Å²) in [5.41, 5.74) is 7.16. The first-order valence-electron chi connectivity index (χ1n) is 6.19. The molecule has 3 saturated carbocycles. The van der Waals surface area contributed by atoms with E-state index in [9.17, 15) is 4.79 Å². The molecule has 0 spiro atoms. The van der Waals surface area contributed by atoms with E-state index in [4.69, 9.17) is 10.8 Å². The van der Waals surface area contributed by atoms with E-state index in [1.54, 1.807) is 0 Å². The summed E-state index contributed by atoms with van der Waals surface area (Å²) in [6, 6.07) is 0. The van der Waals surface area contributed by atoms with E-state index in [1.807, 2.05) is 0 Å². The van der Waals surface area contributed by atoms with Crippen LogP contribution in [0.25, 0.3) is 0 Å². The maximum atomic E-state index is 11.0. The molecule has 0 heterocycles. The van der Waals surface area contributed by atoms with Gasteiger partial charge in [-0.25, -0.2) is 0 Å². The summed E-state index contributed by atoms with van der Waals surface area (Å²) in [4.78, 5) is 11.0. The predicted octanol–water partition coefficient (Wildman–Crippen LogP) is 1.64. The van der Waals surface area contributed by atoms with Crippen molar-refractivity contribution < 1.29 is 9.90 Å². The maximum absolute atomic E-state index is 11.0. The minimum atomic E-state index is -0.690. The molecule has 3 nitrogen and oxygen atoms in total. The van der Waals surface area contributed by atoms with Gasteiger partial charge in [-0.15, -0.1) is 0 Å². The molecule has 3 heteroatoms. The van der Waals surface area contributed by atoms with Crippen molar-refractivity contribution in [1.82, 2.24) is 0 Å². The van der Waals surface area contributed by atoms with Crippen molar-refractivity contribution >= 4 is 5.97 Å². The number of carboxylic acids is 1. The molecule has 0 aromatic heterocycles. The van der Waals surface area contributed by atoms with Gasteiger partial charge in [0.15, 0.2) is 0 Å². The molecule has 0 aromatic rings. The molecule has 0 saturated heterocycles. The highest BCUT2D eigenvalue weighted by molar-refractivity contribution is 5.68. The number of nitrogens with two attached hydrogens (primary N) is 1. The van der Waals surface area contributed by atoms with Crippen LogP contribution in [0.15, 0.2) is 12.2 Å². The van der Waals surface area contributed by atoms with Gasteiger partial charge in [-0.2, -0.15) is 0 Å². The van der Waals surface area contributed by atoms with E-state index in [0.717, 1.165) is 18.8 Å². The largest absolute Gasteiger partial charge is 0.481 e. The quantitative estimate of drug-likeness (QED) is 0.712. The third kappa shape index (κ3) is 1.000. The fourth-order valence-electron chi connectivity index (χ4n) is 4.96. The summed E-state index contributed by atoms with van der Waals surface area (Å²) < 4.78 is 0. The summed E-state index contributed by atoms with van der Waals surface area (Å²) in [5, 5.41) is 9.08. The molecule has 3 N–H and O–H groups in total. The molecule has 3 fully saturated rings. The van der Waals surface area contributed by atoms with Gasteiger partial charge in [-0.05, 0) is 54.9 Å². The highest BCUT2D eigenvalue weighted by Gasteiger charge is 2.68. The van der Waals surface area contributed by atoms with Crippen LogP contribution in [0.2, 0.25) is 0 Å². The smallest absolute Gasteiger partial charge is 0.303 e. The lowest BCUT2D eigenvalue weighted by Crippen LogP contribution is -2.58. The molecule has 0 aromatic carbocycles. The van der Waals surface area contributed by atoms with E-state index < -0.39 is 5.97 Å². The van der Waals surface area contributed by atoms with Crippen molar-refractivity contribution in [2.75, 3.05) is 6.54 Å². The van der Waals surface area contributed by atoms with Crippen molar-refractivity contribution in [1.29, 1.82) is 0 Å². The van der Waals surface area contributed by atoms with Crippen molar-refractivity contribution in [3.05, 3.63) is 12.2 Å². The number of aliphatic carboxylic acids is 1. The fourth-order valence-corrected chi connectivity index (χ4v) is 4.96. The first-order chi connectivity index (χ1) is 7.60. The van der Waals surface area contributed by atoms with Gasteiger partial charge in [0.25, 0.3) is 0 Å². The van der Waals surface area contributed by atoms with Gasteiger partial charge in [0.2, 0.25) is 0 Å². The molecular weight excluding hydrogens is 202 g/mol. The Bertz CT molecular complexity index is 365. The molecule has 5 atom stereocenters. The number of hydrogen-bond acceptors (Lipinski definition) is 2. The zero-order valence-electron chi connectivity index (χ0n) is 9.48. The van der Waals surface area contributed by atoms with Crippen LogP contribution in [0.3, 0.4) is 0 Å². The number of allylic oxidation sites excluding steroid dienone is 1. The lowest BCUT2D eigenvalue weighted by molar-refractivity contribution is -0.153. The highest BCUT2D eigenvalue weighted by atomic mass is 16.4. The van der Waals surface area contributed by atoms with Gasteiger partial charge in [0.1, 0.15) is 0 Å². The first kappa shape index (κ1) is 10.3. The Morgan fingerprint density at radius 2 is 2.25 bits per heavy atom. The second-order valence-electron chi connectivity index (χ2n) is 5.84. The van der Waals surface area contributed by atoms with Gasteiger partial charge >= 0.3 is 5.97 Å². The Morgan fingerprint density at radius 1 is 1.50 bits per heavy atom. The summed E-state index contributed by atoms with van der Waals surface area (Å²) in [5.74, 6) is 1.78. The van der Waals surface area contributed by atoms with E-state index in [2.05, 4.69) is 6.58 Å². The number of carbonyl (C=O) groups is 1. The number of carboxylic acid groups (broad SMARTS) is 1. The van der Waals surface area contributed by atoms with E-state index in [1.165, 1.54) is 12.0 Å². The molecule has 1 unspecified atom stereocenters. The van der Waals surface area contributed by atoms with Crippen LogP contribution in [0.4, 0.5) is 0 Å². The van der Waals surface area contributed by atoms with Crippen LogP contribution in [-0.2, 0) is 4.79 Å². The molecular formula is C13H19NO2. The summed E-state index contributed by atoms with van der Waals surface area (Å²) >= 11 is 0. The van der Waals surface area contributed by atoms with Crippen molar-refractivity contribution in [3.8, 4) is 0 Å². The van der Waals surface area contributed by atoms with Crippen molar-refractivity contribution in [2.45, 2.75) is 25.7 Å². The third-order valence-corrected chi connectivity index (χ3v) is 5.53. The Hall–Kier alpha value is -0.830. The zero-order chi connectivity index (χ0) is 11.5. The van der Waals surface area contributed by atoms with E-state index in [0.29, 0.717) is 24.3 Å². The molecule has 3 aliphatic carbocycles. The van der Waals surface area contributed by atoms with Gasteiger partial charge in [0.05, 0.1) is 6.42 Å². The monoisotopic (exact) mass is 221 g/mol. The topological polar surface area (TPSA) is 63.3 Å².